The molecule has 1 atom stereocenters. The first-order valence-corrected chi connectivity index (χ1v) is 14.1. The highest BCUT2D eigenvalue weighted by Crippen LogP contribution is 2.41. The number of aromatic nitrogens is 2. The zero-order valence-corrected chi connectivity index (χ0v) is 24.2. The molecule has 41 heavy (non-hydrogen) atoms. The lowest BCUT2D eigenvalue weighted by Crippen LogP contribution is -2.40. The van der Waals surface area contributed by atoms with Gasteiger partial charge < -0.3 is 19.2 Å². The number of carbonyl (C=O) groups is 1. The second-order valence-corrected chi connectivity index (χ2v) is 10.8. The van der Waals surface area contributed by atoms with E-state index in [9.17, 15) is 9.59 Å². The van der Waals surface area contributed by atoms with Gasteiger partial charge in [0.2, 0.25) is 0 Å². The monoisotopic (exact) mass is 567 g/mol. The Morgan fingerprint density at radius 1 is 1.07 bits per heavy atom. The molecule has 3 aromatic carbocycles. The molecular formula is C32H29N3O5S. The molecule has 1 unspecified atom stereocenters. The van der Waals surface area contributed by atoms with Gasteiger partial charge in [-0.15, -0.1) is 0 Å². The van der Waals surface area contributed by atoms with E-state index in [2.05, 4.69) is 4.98 Å². The van der Waals surface area contributed by atoms with E-state index in [1.807, 2.05) is 67.6 Å². The standard InChI is InChI=1S/C32H29N3O5S/c1-6-40-31(37)27-18(3)34-32-35(29(27)28-23-15-20(38-4)13-11-19(23)12-14-25(28)39-5)30(36)26(41-32)16-22-17(2)33-24-10-8-7-9-21(22)24/h7-16,29,33H,6H2,1-5H3. The van der Waals surface area contributed by atoms with Crippen LogP contribution < -0.4 is 24.4 Å². The largest absolute Gasteiger partial charge is 0.497 e. The summed E-state index contributed by atoms with van der Waals surface area (Å²) in [6, 6.07) is 16.7. The van der Waals surface area contributed by atoms with Crippen molar-refractivity contribution in [2.75, 3.05) is 20.8 Å². The maximum Gasteiger partial charge on any atom is 0.338 e. The van der Waals surface area contributed by atoms with E-state index in [-0.39, 0.29) is 12.2 Å². The highest BCUT2D eigenvalue weighted by molar-refractivity contribution is 7.07. The molecule has 2 aromatic heterocycles. The minimum absolute atomic E-state index is 0.188. The number of nitrogens with zero attached hydrogens (tertiary/aromatic N) is 2. The number of H-pyrrole nitrogens is 1. The molecular weight excluding hydrogens is 538 g/mol. The number of carbonyl (C=O) groups excluding carboxylic acids is 1. The van der Waals surface area contributed by atoms with Crippen LogP contribution in [0.2, 0.25) is 0 Å². The molecule has 1 aliphatic rings. The average molecular weight is 568 g/mol. The molecule has 0 amide bonds. The molecule has 0 bridgehead atoms. The van der Waals surface area contributed by atoms with Crippen LogP contribution in [0.1, 0.15) is 36.7 Å². The summed E-state index contributed by atoms with van der Waals surface area (Å²) in [7, 11) is 3.18. The molecule has 0 fully saturated rings. The summed E-state index contributed by atoms with van der Waals surface area (Å²) in [5, 5.41) is 2.74. The smallest absolute Gasteiger partial charge is 0.338 e. The first-order chi connectivity index (χ1) is 19.9. The lowest BCUT2D eigenvalue weighted by molar-refractivity contribution is -0.139. The van der Waals surface area contributed by atoms with Crippen molar-refractivity contribution in [3.8, 4) is 11.5 Å². The molecule has 6 rings (SSSR count). The van der Waals surface area contributed by atoms with E-state index in [1.165, 1.54) is 11.3 Å². The molecule has 1 N–H and O–H groups in total. The Bertz CT molecular complexity index is 2060. The number of hydrogen-bond donors (Lipinski definition) is 1. The zero-order valence-electron chi connectivity index (χ0n) is 23.4. The van der Waals surface area contributed by atoms with Crippen molar-refractivity contribution in [1.82, 2.24) is 9.55 Å². The third-order valence-electron chi connectivity index (χ3n) is 7.46. The SMILES string of the molecule is CCOC(=O)C1=C(C)N=c2sc(=Cc3c(C)[nH]c4ccccc34)c(=O)n2C1c1c(OC)ccc2ccc(OC)cc12. The zero-order chi connectivity index (χ0) is 28.8. The number of fused-ring (bicyclic) bond motifs is 3. The Morgan fingerprint density at radius 3 is 2.61 bits per heavy atom. The fourth-order valence-corrected chi connectivity index (χ4v) is 6.60. The Hall–Kier alpha value is -4.63. The lowest BCUT2D eigenvalue weighted by atomic mass is 9.90. The van der Waals surface area contributed by atoms with Gasteiger partial charge in [-0.3, -0.25) is 9.36 Å². The Morgan fingerprint density at radius 2 is 1.85 bits per heavy atom. The lowest BCUT2D eigenvalue weighted by Gasteiger charge is -2.27. The molecule has 3 heterocycles. The number of aryl methyl sites for hydroxylation is 1. The highest BCUT2D eigenvalue weighted by Gasteiger charge is 2.36. The van der Waals surface area contributed by atoms with Gasteiger partial charge >= 0.3 is 5.97 Å². The summed E-state index contributed by atoms with van der Waals surface area (Å²) in [5.41, 5.74) is 4.10. The van der Waals surface area contributed by atoms with E-state index in [4.69, 9.17) is 19.2 Å². The highest BCUT2D eigenvalue weighted by atomic mass is 32.1. The van der Waals surface area contributed by atoms with Gasteiger partial charge in [0.25, 0.3) is 5.56 Å². The molecule has 5 aromatic rings. The quantitative estimate of drug-likeness (QED) is 0.299. The minimum atomic E-state index is -0.831. The fraction of sp³-hybridized carbons (Fsp3) is 0.219. The number of ether oxygens (including phenoxy) is 3. The molecule has 0 saturated heterocycles. The molecule has 0 saturated carbocycles. The van der Waals surface area contributed by atoms with Crippen LogP contribution in [-0.4, -0.2) is 36.3 Å². The predicted octanol–water partition coefficient (Wildman–Crippen LogP) is 4.76. The number of thiazole rings is 1. The number of methoxy groups -OCH3 is 2. The van der Waals surface area contributed by atoms with Crippen LogP contribution in [0.15, 0.2) is 75.7 Å². The number of para-hydroxylation sites is 1. The van der Waals surface area contributed by atoms with E-state index >= 15 is 0 Å². The van der Waals surface area contributed by atoms with Crippen LogP contribution in [0.25, 0.3) is 27.8 Å². The predicted molar refractivity (Wildman–Crippen MR) is 160 cm³/mol. The number of nitrogens with one attached hydrogen (secondary N) is 1. The van der Waals surface area contributed by atoms with E-state index in [1.54, 1.807) is 32.6 Å². The van der Waals surface area contributed by atoms with Gasteiger partial charge in [0.05, 0.1) is 36.6 Å². The second kappa shape index (κ2) is 10.4. The van der Waals surface area contributed by atoms with Gasteiger partial charge in [-0.2, -0.15) is 0 Å². The first-order valence-electron chi connectivity index (χ1n) is 13.3. The molecule has 9 heteroatoms. The van der Waals surface area contributed by atoms with Crippen LogP contribution in [-0.2, 0) is 9.53 Å². The topological polar surface area (TPSA) is 94.9 Å². The molecule has 208 valence electrons. The van der Waals surface area contributed by atoms with Crippen LogP contribution >= 0.6 is 11.3 Å². The molecule has 0 aliphatic carbocycles. The van der Waals surface area contributed by atoms with Gasteiger partial charge in [-0.1, -0.05) is 41.7 Å². The maximum absolute atomic E-state index is 14.3. The molecule has 0 spiro atoms. The summed E-state index contributed by atoms with van der Waals surface area (Å²) < 4.78 is 19.0. The number of allylic oxidation sites excluding steroid dienone is 1. The van der Waals surface area contributed by atoms with Crippen LogP contribution in [0.5, 0.6) is 11.5 Å². The van der Waals surface area contributed by atoms with Crippen molar-refractivity contribution in [2.24, 2.45) is 4.99 Å². The normalized spacial score (nSPS) is 15.2. The summed E-state index contributed by atoms with van der Waals surface area (Å²) in [6.07, 6.45) is 1.90. The number of esters is 1. The van der Waals surface area contributed by atoms with E-state index in [0.29, 0.717) is 37.7 Å². The second-order valence-electron chi connectivity index (χ2n) is 9.78. The number of rotatable bonds is 6. The molecule has 8 nitrogen and oxygen atoms in total. The Labute approximate surface area is 239 Å². The van der Waals surface area contributed by atoms with Crippen molar-refractivity contribution in [3.63, 3.8) is 0 Å². The number of benzene rings is 3. The van der Waals surface area contributed by atoms with Crippen molar-refractivity contribution in [2.45, 2.75) is 26.8 Å². The van der Waals surface area contributed by atoms with Gasteiger partial charge in [-0.05, 0) is 61.9 Å². The number of hydrogen-bond acceptors (Lipinski definition) is 7. The summed E-state index contributed by atoms with van der Waals surface area (Å²) in [5.74, 6) is 0.657. The minimum Gasteiger partial charge on any atom is -0.497 e. The molecule has 0 radical (unpaired) electrons. The number of aromatic amines is 1. The van der Waals surface area contributed by atoms with Gasteiger partial charge in [-0.25, -0.2) is 9.79 Å². The summed E-state index contributed by atoms with van der Waals surface area (Å²) in [4.78, 5) is 36.4. The fourth-order valence-electron chi connectivity index (χ4n) is 5.57. The van der Waals surface area contributed by atoms with Gasteiger partial charge in [0.1, 0.15) is 17.5 Å². The van der Waals surface area contributed by atoms with Crippen molar-refractivity contribution in [3.05, 3.63) is 102 Å². The summed E-state index contributed by atoms with van der Waals surface area (Å²) >= 11 is 1.30. The summed E-state index contributed by atoms with van der Waals surface area (Å²) in [6.45, 7) is 5.71. The Kier molecular flexibility index (Phi) is 6.75. The first kappa shape index (κ1) is 26.6. The van der Waals surface area contributed by atoms with E-state index < -0.39 is 12.0 Å². The van der Waals surface area contributed by atoms with Crippen molar-refractivity contribution >= 4 is 45.1 Å². The maximum atomic E-state index is 14.3. The van der Waals surface area contributed by atoms with Crippen LogP contribution in [0, 0.1) is 6.92 Å². The van der Waals surface area contributed by atoms with Gasteiger partial charge in [0, 0.05) is 27.7 Å². The van der Waals surface area contributed by atoms with Crippen molar-refractivity contribution in [1.29, 1.82) is 0 Å². The van der Waals surface area contributed by atoms with Gasteiger partial charge in [0.15, 0.2) is 4.80 Å². The average Bonchev–Trinajstić information content (AvgIpc) is 3.46. The van der Waals surface area contributed by atoms with E-state index in [0.717, 1.165) is 32.9 Å². The van der Waals surface area contributed by atoms with Crippen LogP contribution in [0.3, 0.4) is 0 Å². The third-order valence-corrected chi connectivity index (χ3v) is 8.44. The van der Waals surface area contributed by atoms with Crippen molar-refractivity contribution < 1.29 is 19.0 Å². The third kappa shape index (κ3) is 4.33. The molecule has 1 aliphatic heterocycles. The Balaban J connectivity index is 1.69. The van der Waals surface area contributed by atoms with Crippen LogP contribution in [0.4, 0.5) is 0 Å².